The minimum atomic E-state index is -1.42. The molecule has 0 aromatic heterocycles. The molecule has 1 saturated heterocycles. The van der Waals surface area contributed by atoms with Gasteiger partial charge in [0.05, 0.1) is 17.1 Å². The largest absolute Gasteiger partial charge is 0.322 e. The zero-order valence-corrected chi connectivity index (χ0v) is 18.9. The van der Waals surface area contributed by atoms with Crippen molar-refractivity contribution in [2.75, 3.05) is 27.4 Å². The maximum absolute atomic E-state index is 14.0. The fourth-order valence-corrected chi connectivity index (χ4v) is 5.83. The highest BCUT2D eigenvalue weighted by molar-refractivity contribution is 8.02. The number of nitrogens with one attached hydrogen (secondary N) is 1. The number of thioether (sulfide) groups is 1. The summed E-state index contributed by atoms with van der Waals surface area (Å²) >= 11 is 1.16. The number of rotatable bonds is 4. The van der Waals surface area contributed by atoms with Gasteiger partial charge in [-0.2, -0.15) is 0 Å². The number of carbonyl (C=O) groups excluding carboxylic acids is 3. The zero-order valence-electron chi connectivity index (χ0n) is 18.0. The van der Waals surface area contributed by atoms with Gasteiger partial charge in [-0.15, -0.1) is 11.8 Å². The summed E-state index contributed by atoms with van der Waals surface area (Å²) in [6, 6.07) is 16.5. The highest BCUT2D eigenvalue weighted by Gasteiger charge is 2.61. The number of para-hydroxylation sites is 2. The molecule has 2 heterocycles. The van der Waals surface area contributed by atoms with Crippen LogP contribution in [0.2, 0.25) is 0 Å². The Morgan fingerprint density at radius 3 is 2.50 bits per heavy atom. The fraction of sp³-hybridized carbons (Fsp3) is 0.160. The Labute approximate surface area is 198 Å². The molecule has 0 radical (unpaired) electrons. The second-order valence-electron chi connectivity index (χ2n) is 8.03. The molecule has 1 atom stereocenters. The van der Waals surface area contributed by atoms with Gasteiger partial charge < -0.3 is 5.32 Å². The SMILES string of the molecule is Cc1cccc2c1N(CC(=O)Nc1ccccc1F)C(=O)[C@]21SCC(=O)N1c1ccc(F)cc1. The van der Waals surface area contributed by atoms with Crippen LogP contribution in [0.5, 0.6) is 0 Å². The Balaban J connectivity index is 1.56. The van der Waals surface area contributed by atoms with Crippen molar-refractivity contribution in [3.05, 3.63) is 89.5 Å². The van der Waals surface area contributed by atoms with Gasteiger partial charge in [0.1, 0.15) is 18.2 Å². The summed E-state index contributed by atoms with van der Waals surface area (Å²) in [5, 5.41) is 2.51. The van der Waals surface area contributed by atoms with Crippen LogP contribution in [0.25, 0.3) is 0 Å². The quantitative estimate of drug-likeness (QED) is 0.609. The smallest absolute Gasteiger partial charge is 0.269 e. The summed E-state index contributed by atoms with van der Waals surface area (Å²) in [4.78, 5) is 41.1. The molecule has 3 amide bonds. The normalized spacial score (nSPS) is 19.1. The van der Waals surface area contributed by atoms with Crippen molar-refractivity contribution >= 4 is 46.5 Å². The Morgan fingerprint density at radius 2 is 1.76 bits per heavy atom. The molecule has 0 saturated carbocycles. The standard InChI is InChI=1S/C25H19F2N3O3S/c1-15-5-4-6-18-23(15)29(13-21(31)28-20-8-3-2-7-19(20)27)24(33)25(18)30(22(32)14-34-25)17-11-9-16(26)10-12-17/h2-12H,13-14H2,1H3,(H,28,31)/t25-/m1/s1. The third-order valence-corrected chi connectivity index (χ3v) is 7.30. The topological polar surface area (TPSA) is 69.7 Å². The summed E-state index contributed by atoms with van der Waals surface area (Å²) in [6.07, 6.45) is 0. The molecule has 5 rings (SSSR count). The molecule has 3 aromatic rings. The van der Waals surface area contributed by atoms with Gasteiger partial charge in [0.2, 0.25) is 16.7 Å². The molecular weight excluding hydrogens is 460 g/mol. The van der Waals surface area contributed by atoms with Crippen LogP contribution in [-0.2, 0) is 19.3 Å². The summed E-state index contributed by atoms with van der Waals surface area (Å²) in [5.74, 6) is -2.33. The average Bonchev–Trinajstić information content (AvgIpc) is 3.28. The van der Waals surface area contributed by atoms with Crippen LogP contribution < -0.4 is 15.1 Å². The molecule has 0 aliphatic carbocycles. The number of hydrogen-bond acceptors (Lipinski definition) is 4. The van der Waals surface area contributed by atoms with E-state index in [0.29, 0.717) is 16.9 Å². The van der Waals surface area contributed by atoms with Crippen LogP contribution in [0.4, 0.5) is 25.8 Å². The van der Waals surface area contributed by atoms with E-state index < -0.39 is 28.3 Å². The molecule has 1 spiro atoms. The van der Waals surface area contributed by atoms with Crippen LogP contribution in [-0.4, -0.2) is 30.0 Å². The third kappa shape index (κ3) is 3.35. The summed E-state index contributed by atoms with van der Waals surface area (Å²) < 4.78 is 27.6. The fourth-order valence-electron chi connectivity index (χ4n) is 4.48. The van der Waals surface area contributed by atoms with E-state index in [1.807, 2.05) is 13.0 Å². The minimum absolute atomic E-state index is 0.0113. The van der Waals surface area contributed by atoms with E-state index in [-0.39, 0.29) is 23.9 Å². The van der Waals surface area contributed by atoms with E-state index in [0.717, 1.165) is 17.3 Å². The van der Waals surface area contributed by atoms with Gasteiger partial charge in [-0.3, -0.25) is 24.2 Å². The molecule has 3 aromatic carbocycles. The number of fused-ring (bicyclic) bond motifs is 2. The summed E-state index contributed by atoms with van der Waals surface area (Å²) in [5.41, 5.74) is 2.26. The number of halogens is 2. The average molecular weight is 480 g/mol. The number of anilines is 3. The lowest BCUT2D eigenvalue weighted by Gasteiger charge is -2.33. The first-order valence-corrected chi connectivity index (χ1v) is 11.5. The summed E-state index contributed by atoms with van der Waals surface area (Å²) in [6.45, 7) is 1.45. The zero-order chi connectivity index (χ0) is 24.0. The van der Waals surface area contributed by atoms with E-state index in [1.165, 1.54) is 52.3 Å². The van der Waals surface area contributed by atoms with Crippen molar-refractivity contribution in [3.63, 3.8) is 0 Å². The second-order valence-corrected chi connectivity index (χ2v) is 9.20. The Bertz CT molecular complexity index is 1330. The number of hydrogen-bond donors (Lipinski definition) is 1. The van der Waals surface area contributed by atoms with Crippen LogP contribution in [0.3, 0.4) is 0 Å². The van der Waals surface area contributed by atoms with Gasteiger partial charge in [-0.05, 0) is 48.9 Å². The van der Waals surface area contributed by atoms with Crippen LogP contribution >= 0.6 is 11.8 Å². The predicted octanol–water partition coefficient (Wildman–Crippen LogP) is 4.19. The van der Waals surface area contributed by atoms with E-state index in [4.69, 9.17) is 0 Å². The molecule has 6 nitrogen and oxygen atoms in total. The maximum Gasteiger partial charge on any atom is 0.269 e. The van der Waals surface area contributed by atoms with Gasteiger partial charge >= 0.3 is 0 Å². The molecule has 172 valence electrons. The van der Waals surface area contributed by atoms with Gasteiger partial charge in [-0.25, -0.2) is 8.78 Å². The monoisotopic (exact) mass is 479 g/mol. The first kappa shape index (κ1) is 22.1. The Hall–Kier alpha value is -3.72. The highest BCUT2D eigenvalue weighted by Crippen LogP contribution is 2.56. The van der Waals surface area contributed by atoms with E-state index in [1.54, 1.807) is 18.2 Å². The van der Waals surface area contributed by atoms with Crippen LogP contribution in [0.1, 0.15) is 11.1 Å². The van der Waals surface area contributed by atoms with E-state index >= 15 is 0 Å². The minimum Gasteiger partial charge on any atom is -0.322 e. The van der Waals surface area contributed by atoms with Crippen LogP contribution in [0, 0.1) is 18.6 Å². The predicted molar refractivity (Wildman–Crippen MR) is 127 cm³/mol. The molecule has 1 N–H and O–H groups in total. The molecule has 2 aliphatic rings. The molecular formula is C25H19F2N3O3S. The van der Waals surface area contributed by atoms with Gasteiger partial charge in [0.25, 0.3) is 5.91 Å². The van der Waals surface area contributed by atoms with Crippen molar-refractivity contribution in [1.82, 2.24) is 0 Å². The molecule has 0 bridgehead atoms. The lowest BCUT2D eigenvalue weighted by molar-refractivity contribution is -0.124. The molecule has 0 unspecified atom stereocenters. The maximum atomic E-state index is 14.0. The van der Waals surface area contributed by atoms with Crippen molar-refractivity contribution in [1.29, 1.82) is 0 Å². The first-order chi connectivity index (χ1) is 16.3. The molecule has 1 fully saturated rings. The van der Waals surface area contributed by atoms with Gasteiger partial charge in [0.15, 0.2) is 0 Å². The van der Waals surface area contributed by atoms with Crippen LogP contribution in [0.15, 0.2) is 66.7 Å². The Kier molecular flexibility index (Phi) is 5.36. The van der Waals surface area contributed by atoms with Gasteiger partial charge in [0, 0.05) is 11.3 Å². The number of amides is 3. The van der Waals surface area contributed by atoms with Crippen molar-refractivity contribution < 1.29 is 23.2 Å². The van der Waals surface area contributed by atoms with Crippen molar-refractivity contribution in [2.24, 2.45) is 0 Å². The number of carbonyl (C=O) groups is 3. The van der Waals surface area contributed by atoms with Gasteiger partial charge in [-0.1, -0.05) is 30.3 Å². The highest BCUT2D eigenvalue weighted by atomic mass is 32.2. The lowest BCUT2D eigenvalue weighted by atomic mass is 10.0. The Morgan fingerprint density at radius 1 is 1.03 bits per heavy atom. The molecule has 34 heavy (non-hydrogen) atoms. The molecule has 2 aliphatic heterocycles. The molecule has 9 heteroatoms. The van der Waals surface area contributed by atoms with Crippen molar-refractivity contribution in [2.45, 2.75) is 11.8 Å². The van der Waals surface area contributed by atoms with E-state index in [2.05, 4.69) is 5.32 Å². The van der Waals surface area contributed by atoms with E-state index in [9.17, 15) is 23.2 Å². The van der Waals surface area contributed by atoms with Crippen molar-refractivity contribution in [3.8, 4) is 0 Å². The number of benzene rings is 3. The number of aryl methyl sites for hydroxylation is 1. The summed E-state index contributed by atoms with van der Waals surface area (Å²) in [7, 11) is 0. The third-order valence-electron chi connectivity index (χ3n) is 5.91. The number of nitrogens with zero attached hydrogens (tertiary/aromatic N) is 2. The second kappa shape index (κ2) is 8.25. The first-order valence-electron chi connectivity index (χ1n) is 10.5. The lowest BCUT2D eigenvalue weighted by Crippen LogP contribution is -2.50.